The standard InChI is InChI=1S/C21H18ClN3O3S/c22-16-7-3-14(4-8-16)12-19(26)25-21(29)24-17-9-5-15(6-10-17)20(27)23-13-18-2-1-11-28-18/h1-11H,12-13H2,(H,23,27)(H2,24,25,26,29). The van der Waals surface area contributed by atoms with Crippen LogP contribution in [0.4, 0.5) is 5.69 Å². The van der Waals surface area contributed by atoms with E-state index in [0.717, 1.165) is 5.56 Å². The van der Waals surface area contributed by atoms with Crippen molar-refractivity contribution < 1.29 is 14.0 Å². The van der Waals surface area contributed by atoms with Crippen molar-refractivity contribution in [2.45, 2.75) is 13.0 Å². The minimum Gasteiger partial charge on any atom is -0.467 e. The van der Waals surface area contributed by atoms with Crippen molar-refractivity contribution in [3.63, 3.8) is 0 Å². The molecule has 0 aliphatic rings. The third kappa shape index (κ3) is 6.44. The fourth-order valence-electron chi connectivity index (χ4n) is 2.51. The molecular formula is C21H18ClN3O3S. The van der Waals surface area contributed by atoms with Crippen LogP contribution in [0.5, 0.6) is 0 Å². The van der Waals surface area contributed by atoms with Crippen molar-refractivity contribution in [1.29, 1.82) is 0 Å². The average molecular weight is 428 g/mol. The van der Waals surface area contributed by atoms with E-state index < -0.39 is 0 Å². The first-order valence-electron chi connectivity index (χ1n) is 8.75. The zero-order valence-electron chi connectivity index (χ0n) is 15.3. The van der Waals surface area contributed by atoms with Gasteiger partial charge in [0.1, 0.15) is 5.76 Å². The lowest BCUT2D eigenvalue weighted by molar-refractivity contribution is -0.119. The first-order valence-corrected chi connectivity index (χ1v) is 9.54. The molecule has 0 radical (unpaired) electrons. The molecule has 6 nitrogen and oxygen atoms in total. The van der Waals surface area contributed by atoms with Crippen LogP contribution in [-0.4, -0.2) is 16.9 Å². The minimum absolute atomic E-state index is 0.180. The number of thiocarbonyl (C=S) groups is 1. The normalized spacial score (nSPS) is 10.2. The third-order valence-corrected chi connectivity index (χ3v) is 4.40. The molecule has 0 aliphatic heterocycles. The molecule has 0 bridgehead atoms. The molecule has 3 rings (SSSR count). The summed E-state index contributed by atoms with van der Waals surface area (Å²) in [6, 6.07) is 17.3. The molecule has 0 unspecified atom stereocenters. The molecule has 3 N–H and O–H groups in total. The van der Waals surface area contributed by atoms with Crippen molar-refractivity contribution in [1.82, 2.24) is 10.6 Å². The van der Waals surface area contributed by atoms with E-state index in [1.807, 2.05) is 0 Å². The second kappa shape index (κ2) is 9.86. The summed E-state index contributed by atoms with van der Waals surface area (Å²) in [5, 5.41) is 9.11. The van der Waals surface area contributed by atoms with E-state index in [4.69, 9.17) is 28.2 Å². The maximum absolute atomic E-state index is 12.1. The molecule has 0 spiro atoms. The lowest BCUT2D eigenvalue weighted by atomic mass is 10.1. The second-order valence-electron chi connectivity index (χ2n) is 6.14. The van der Waals surface area contributed by atoms with E-state index >= 15 is 0 Å². The van der Waals surface area contributed by atoms with Crippen LogP contribution in [0.15, 0.2) is 71.3 Å². The fourth-order valence-corrected chi connectivity index (χ4v) is 2.87. The Bertz CT molecular complexity index is 987. The van der Waals surface area contributed by atoms with Crippen LogP contribution in [0, 0.1) is 0 Å². The Morgan fingerprint density at radius 1 is 1.00 bits per heavy atom. The molecule has 0 saturated carbocycles. The van der Waals surface area contributed by atoms with Gasteiger partial charge in [-0.15, -0.1) is 0 Å². The van der Waals surface area contributed by atoms with Crippen LogP contribution in [0.3, 0.4) is 0 Å². The maximum Gasteiger partial charge on any atom is 0.251 e. The van der Waals surface area contributed by atoms with Gasteiger partial charge in [0.2, 0.25) is 5.91 Å². The van der Waals surface area contributed by atoms with Crippen LogP contribution in [0.1, 0.15) is 21.7 Å². The molecule has 8 heteroatoms. The Balaban J connectivity index is 1.47. The summed E-state index contributed by atoms with van der Waals surface area (Å²) >= 11 is 11.0. The van der Waals surface area contributed by atoms with Gasteiger partial charge in [-0.25, -0.2) is 0 Å². The number of rotatable bonds is 6. The van der Waals surface area contributed by atoms with Gasteiger partial charge in [0, 0.05) is 16.3 Å². The molecule has 0 aliphatic carbocycles. The van der Waals surface area contributed by atoms with Crippen molar-refractivity contribution in [3.8, 4) is 0 Å². The van der Waals surface area contributed by atoms with Gasteiger partial charge in [-0.3, -0.25) is 9.59 Å². The van der Waals surface area contributed by atoms with Crippen molar-refractivity contribution >= 4 is 46.4 Å². The molecule has 3 aromatic rings. The zero-order chi connectivity index (χ0) is 20.6. The SMILES string of the molecule is O=C(Cc1ccc(Cl)cc1)NC(=S)Nc1ccc(C(=O)NCc2ccco2)cc1. The van der Waals surface area contributed by atoms with E-state index in [1.54, 1.807) is 66.9 Å². The van der Waals surface area contributed by atoms with E-state index in [1.165, 1.54) is 0 Å². The van der Waals surface area contributed by atoms with Gasteiger partial charge in [0.05, 0.1) is 19.2 Å². The highest BCUT2D eigenvalue weighted by atomic mass is 35.5. The number of amides is 2. The molecule has 2 amide bonds. The summed E-state index contributed by atoms with van der Waals surface area (Å²) < 4.78 is 5.18. The largest absolute Gasteiger partial charge is 0.467 e. The number of benzene rings is 2. The number of furan rings is 1. The average Bonchev–Trinajstić information content (AvgIpc) is 3.22. The first-order chi connectivity index (χ1) is 14.0. The van der Waals surface area contributed by atoms with Crippen LogP contribution in [0.2, 0.25) is 5.02 Å². The summed E-state index contributed by atoms with van der Waals surface area (Å²) in [7, 11) is 0. The quantitative estimate of drug-likeness (QED) is 0.519. The Morgan fingerprint density at radius 2 is 1.72 bits per heavy atom. The van der Waals surface area contributed by atoms with Crippen LogP contribution in [0.25, 0.3) is 0 Å². The van der Waals surface area contributed by atoms with Crippen LogP contribution >= 0.6 is 23.8 Å². The van der Waals surface area contributed by atoms with Crippen molar-refractivity contribution in [2.75, 3.05) is 5.32 Å². The lowest BCUT2D eigenvalue weighted by Crippen LogP contribution is -2.35. The number of anilines is 1. The molecule has 148 valence electrons. The maximum atomic E-state index is 12.1. The number of hydrogen-bond acceptors (Lipinski definition) is 4. The Labute approximate surface area is 178 Å². The molecule has 1 heterocycles. The monoisotopic (exact) mass is 427 g/mol. The van der Waals surface area contributed by atoms with Gasteiger partial charge in [-0.1, -0.05) is 23.7 Å². The predicted molar refractivity (Wildman–Crippen MR) is 116 cm³/mol. The number of nitrogens with one attached hydrogen (secondary N) is 3. The van der Waals surface area contributed by atoms with E-state index in [-0.39, 0.29) is 23.3 Å². The van der Waals surface area contributed by atoms with Crippen molar-refractivity contribution in [2.24, 2.45) is 0 Å². The molecule has 0 atom stereocenters. The number of carbonyl (C=O) groups is 2. The minimum atomic E-state index is -0.237. The van der Waals surface area contributed by atoms with Gasteiger partial charge >= 0.3 is 0 Å². The zero-order valence-corrected chi connectivity index (χ0v) is 16.8. The molecule has 2 aromatic carbocycles. The summed E-state index contributed by atoms with van der Waals surface area (Å²) in [5.41, 5.74) is 1.99. The molecule has 0 saturated heterocycles. The highest BCUT2D eigenvalue weighted by molar-refractivity contribution is 7.80. The Hall–Kier alpha value is -3.16. The Morgan fingerprint density at radius 3 is 2.38 bits per heavy atom. The summed E-state index contributed by atoms with van der Waals surface area (Å²) in [4.78, 5) is 24.2. The second-order valence-corrected chi connectivity index (χ2v) is 6.99. The lowest BCUT2D eigenvalue weighted by Gasteiger charge is -2.10. The number of halogens is 1. The predicted octanol–water partition coefficient (Wildman–Crippen LogP) is 3.92. The summed E-state index contributed by atoms with van der Waals surface area (Å²) in [6.45, 7) is 0.315. The first kappa shape index (κ1) is 20.6. The van der Waals surface area contributed by atoms with Gasteiger partial charge in [0.15, 0.2) is 5.11 Å². The third-order valence-electron chi connectivity index (χ3n) is 3.94. The molecule has 0 fully saturated rings. The van der Waals surface area contributed by atoms with Crippen LogP contribution in [-0.2, 0) is 17.8 Å². The highest BCUT2D eigenvalue weighted by Crippen LogP contribution is 2.11. The molecule has 29 heavy (non-hydrogen) atoms. The van der Waals surface area contributed by atoms with Gasteiger partial charge in [-0.2, -0.15) is 0 Å². The van der Waals surface area contributed by atoms with Crippen LogP contribution < -0.4 is 16.0 Å². The van der Waals surface area contributed by atoms with Gasteiger partial charge in [0.25, 0.3) is 5.91 Å². The van der Waals surface area contributed by atoms with E-state index in [2.05, 4.69) is 16.0 Å². The summed E-state index contributed by atoms with van der Waals surface area (Å²) in [5.74, 6) is 0.224. The smallest absolute Gasteiger partial charge is 0.251 e. The Kier molecular flexibility index (Phi) is 6.99. The molecule has 1 aromatic heterocycles. The molecular weight excluding hydrogens is 410 g/mol. The fraction of sp³-hybridized carbons (Fsp3) is 0.0952. The van der Waals surface area contributed by atoms with Gasteiger partial charge < -0.3 is 20.4 Å². The topological polar surface area (TPSA) is 83.4 Å². The van der Waals surface area contributed by atoms with Gasteiger partial charge in [-0.05, 0) is 66.3 Å². The highest BCUT2D eigenvalue weighted by Gasteiger charge is 2.09. The van der Waals surface area contributed by atoms with Crippen molar-refractivity contribution in [3.05, 3.63) is 88.8 Å². The number of hydrogen-bond donors (Lipinski definition) is 3. The van der Waals surface area contributed by atoms with E-state index in [0.29, 0.717) is 28.6 Å². The summed E-state index contributed by atoms with van der Waals surface area (Å²) in [6.07, 6.45) is 1.74. The van der Waals surface area contributed by atoms with E-state index in [9.17, 15) is 9.59 Å². The number of carbonyl (C=O) groups excluding carboxylic acids is 2.